The Hall–Kier alpha value is -2.82. The van der Waals surface area contributed by atoms with Crippen LogP contribution in [-0.4, -0.2) is 23.9 Å². The molecule has 2 aromatic carbocycles. The number of ether oxygens (including phenoxy) is 1. The van der Waals surface area contributed by atoms with E-state index < -0.39 is 5.97 Å². The summed E-state index contributed by atoms with van der Waals surface area (Å²) in [5.74, 6) is -0.194. The molecule has 0 spiro atoms. The maximum absolute atomic E-state index is 10.9. The predicted octanol–water partition coefficient (Wildman–Crippen LogP) is 3.62. The van der Waals surface area contributed by atoms with Crippen LogP contribution in [0, 0.1) is 0 Å². The fourth-order valence-electron chi connectivity index (χ4n) is 1.83. The molecule has 22 heavy (non-hydrogen) atoms. The number of para-hydroxylation sites is 1. The van der Waals surface area contributed by atoms with Crippen molar-refractivity contribution in [1.29, 1.82) is 0 Å². The Morgan fingerprint density at radius 2 is 2.09 bits per heavy atom. The molecular weight excluding hydrogens is 280 g/mol. The molecule has 0 unspecified atom stereocenters. The zero-order valence-corrected chi connectivity index (χ0v) is 12.3. The highest BCUT2D eigenvalue weighted by Crippen LogP contribution is 2.16. The summed E-state index contributed by atoms with van der Waals surface area (Å²) in [6.07, 6.45) is 2.59. The molecule has 0 aliphatic carbocycles. The molecule has 2 aromatic rings. The molecule has 0 atom stereocenters. The molecule has 0 saturated carbocycles. The second-order valence-corrected chi connectivity index (χ2v) is 4.64. The Bertz CT molecular complexity index is 668. The van der Waals surface area contributed by atoms with Gasteiger partial charge in [-0.15, -0.1) is 0 Å². The summed E-state index contributed by atoms with van der Waals surface area (Å²) in [5.41, 5.74) is 4.51. The number of nitrogens with zero attached hydrogens (tertiary/aromatic N) is 1. The van der Waals surface area contributed by atoms with Crippen molar-refractivity contribution in [2.75, 3.05) is 12.0 Å². The van der Waals surface area contributed by atoms with Gasteiger partial charge in [-0.05, 0) is 36.8 Å². The standard InChI is InChI=1S/C17H18N2O3/c1-2-10-22-16-9-4-3-6-14(16)12-18-19-15-8-5-7-13(11-15)17(20)21/h3-9,11-12,19H,2,10H2,1H3,(H,20,21). The van der Waals surface area contributed by atoms with Gasteiger partial charge >= 0.3 is 5.97 Å². The normalized spacial score (nSPS) is 10.6. The fraction of sp³-hybridized carbons (Fsp3) is 0.176. The van der Waals surface area contributed by atoms with Crippen LogP contribution in [0.1, 0.15) is 29.3 Å². The van der Waals surface area contributed by atoms with Crippen LogP contribution in [-0.2, 0) is 0 Å². The predicted molar refractivity (Wildman–Crippen MR) is 86.8 cm³/mol. The molecule has 5 heteroatoms. The molecule has 0 radical (unpaired) electrons. The van der Waals surface area contributed by atoms with E-state index in [1.165, 1.54) is 12.1 Å². The minimum absolute atomic E-state index is 0.215. The quantitative estimate of drug-likeness (QED) is 0.605. The van der Waals surface area contributed by atoms with E-state index in [4.69, 9.17) is 9.84 Å². The second kappa shape index (κ2) is 7.83. The van der Waals surface area contributed by atoms with Gasteiger partial charge in [-0.25, -0.2) is 4.79 Å². The number of hydrogen-bond donors (Lipinski definition) is 2. The molecule has 0 bridgehead atoms. The van der Waals surface area contributed by atoms with Gasteiger partial charge < -0.3 is 9.84 Å². The van der Waals surface area contributed by atoms with Gasteiger partial charge in [0.05, 0.1) is 24.1 Å². The van der Waals surface area contributed by atoms with Crippen molar-refractivity contribution in [3.8, 4) is 5.75 Å². The van der Waals surface area contributed by atoms with Crippen LogP contribution in [0.4, 0.5) is 5.69 Å². The van der Waals surface area contributed by atoms with Gasteiger partial charge in [-0.1, -0.05) is 25.1 Å². The molecule has 0 aromatic heterocycles. The summed E-state index contributed by atoms with van der Waals surface area (Å²) in [4.78, 5) is 10.9. The second-order valence-electron chi connectivity index (χ2n) is 4.64. The van der Waals surface area contributed by atoms with E-state index in [1.54, 1.807) is 18.3 Å². The maximum atomic E-state index is 10.9. The average molecular weight is 298 g/mol. The highest BCUT2D eigenvalue weighted by atomic mass is 16.5. The molecular formula is C17H18N2O3. The first kappa shape index (κ1) is 15.6. The zero-order chi connectivity index (χ0) is 15.8. The number of benzene rings is 2. The van der Waals surface area contributed by atoms with E-state index in [0.717, 1.165) is 17.7 Å². The third-order valence-electron chi connectivity index (χ3n) is 2.89. The van der Waals surface area contributed by atoms with E-state index in [9.17, 15) is 4.79 Å². The third kappa shape index (κ3) is 4.34. The number of carboxylic acids is 1. The van der Waals surface area contributed by atoms with E-state index in [2.05, 4.69) is 10.5 Å². The smallest absolute Gasteiger partial charge is 0.335 e. The lowest BCUT2D eigenvalue weighted by molar-refractivity contribution is 0.0697. The third-order valence-corrected chi connectivity index (χ3v) is 2.89. The highest BCUT2D eigenvalue weighted by molar-refractivity contribution is 5.89. The van der Waals surface area contributed by atoms with Crippen LogP contribution >= 0.6 is 0 Å². The Morgan fingerprint density at radius 1 is 1.27 bits per heavy atom. The van der Waals surface area contributed by atoms with Gasteiger partial charge in [0.25, 0.3) is 0 Å². The van der Waals surface area contributed by atoms with Crippen molar-refractivity contribution in [1.82, 2.24) is 0 Å². The van der Waals surface area contributed by atoms with Gasteiger partial charge in [0.1, 0.15) is 5.75 Å². The first-order valence-electron chi connectivity index (χ1n) is 7.05. The summed E-state index contributed by atoms with van der Waals surface area (Å²) >= 11 is 0. The lowest BCUT2D eigenvalue weighted by Gasteiger charge is -2.07. The van der Waals surface area contributed by atoms with Crippen LogP contribution in [0.25, 0.3) is 0 Å². The van der Waals surface area contributed by atoms with Crippen LogP contribution < -0.4 is 10.2 Å². The van der Waals surface area contributed by atoms with Gasteiger partial charge in [0.15, 0.2) is 0 Å². The number of rotatable bonds is 7. The molecule has 2 rings (SSSR count). The van der Waals surface area contributed by atoms with Gasteiger partial charge in [-0.2, -0.15) is 5.10 Å². The van der Waals surface area contributed by atoms with Gasteiger partial charge in [-0.3, -0.25) is 5.43 Å². The number of aromatic carboxylic acids is 1. The SMILES string of the molecule is CCCOc1ccccc1C=NNc1cccc(C(=O)O)c1. The molecule has 0 fully saturated rings. The Morgan fingerprint density at radius 3 is 2.86 bits per heavy atom. The summed E-state index contributed by atoms with van der Waals surface area (Å²) in [6, 6.07) is 14.1. The van der Waals surface area contributed by atoms with Crippen LogP contribution in [0.3, 0.4) is 0 Å². The van der Waals surface area contributed by atoms with Crippen molar-refractivity contribution in [3.05, 3.63) is 59.7 Å². The molecule has 114 valence electrons. The average Bonchev–Trinajstić information content (AvgIpc) is 2.54. The molecule has 0 heterocycles. The minimum Gasteiger partial charge on any atom is -0.493 e. The highest BCUT2D eigenvalue weighted by Gasteiger charge is 2.02. The number of carbonyl (C=O) groups is 1. The topological polar surface area (TPSA) is 70.9 Å². The van der Waals surface area contributed by atoms with Crippen LogP contribution in [0.5, 0.6) is 5.75 Å². The number of nitrogens with one attached hydrogen (secondary N) is 1. The van der Waals surface area contributed by atoms with Crippen LogP contribution in [0.15, 0.2) is 53.6 Å². The van der Waals surface area contributed by atoms with Crippen molar-refractivity contribution < 1.29 is 14.6 Å². The molecule has 0 aliphatic heterocycles. The van der Waals surface area contributed by atoms with Gasteiger partial charge in [0.2, 0.25) is 0 Å². The molecule has 0 amide bonds. The molecule has 0 aliphatic rings. The van der Waals surface area contributed by atoms with E-state index in [0.29, 0.717) is 12.3 Å². The largest absolute Gasteiger partial charge is 0.493 e. The number of hydrazone groups is 1. The molecule has 2 N–H and O–H groups in total. The van der Waals surface area contributed by atoms with E-state index >= 15 is 0 Å². The number of anilines is 1. The first-order valence-corrected chi connectivity index (χ1v) is 7.05. The summed E-state index contributed by atoms with van der Waals surface area (Å²) < 4.78 is 5.64. The van der Waals surface area contributed by atoms with Crippen molar-refractivity contribution in [3.63, 3.8) is 0 Å². The zero-order valence-electron chi connectivity index (χ0n) is 12.3. The lowest BCUT2D eigenvalue weighted by atomic mass is 10.2. The molecule has 0 saturated heterocycles. The summed E-state index contributed by atoms with van der Waals surface area (Å²) in [5, 5.41) is 13.1. The summed E-state index contributed by atoms with van der Waals surface area (Å²) in [7, 11) is 0. The van der Waals surface area contributed by atoms with E-state index in [-0.39, 0.29) is 5.56 Å². The maximum Gasteiger partial charge on any atom is 0.335 e. The van der Waals surface area contributed by atoms with Crippen molar-refractivity contribution in [2.24, 2.45) is 5.10 Å². The first-order chi connectivity index (χ1) is 10.7. The van der Waals surface area contributed by atoms with E-state index in [1.807, 2.05) is 31.2 Å². The monoisotopic (exact) mass is 298 g/mol. The van der Waals surface area contributed by atoms with Crippen LogP contribution in [0.2, 0.25) is 0 Å². The van der Waals surface area contributed by atoms with Crippen molar-refractivity contribution in [2.45, 2.75) is 13.3 Å². The fourth-order valence-corrected chi connectivity index (χ4v) is 1.83. The van der Waals surface area contributed by atoms with Gasteiger partial charge in [0, 0.05) is 5.56 Å². The number of hydrogen-bond acceptors (Lipinski definition) is 4. The summed E-state index contributed by atoms with van der Waals surface area (Å²) in [6.45, 7) is 2.70. The Labute approximate surface area is 129 Å². The van der Waals surface area contributed by atoms with Crippen molar-refractivity contribution >= 4 is 17.9 Å². The molecule has 5 nitrogen and oxygen atoms in total. The minimum atomic E-state index is -0.967. The lowest BCUT2D eigenvalue weighted by Crippen LogP contribution is -2.00. The Kier molecular flexibility index (Phi) is 5.54. The number of carboxylic acid groups (broad SMARTS) is 1. The Balaban J connectivity index is 2.06.